The summed E-state index contributed by atoms with van der Waals surface area (Å²) in [6.07, 6.45) is 5.64. The van der Waals surface area contributed by atoms with Gasteiger partial charge in [0, 0.05) is 0 Å². The first-order valence-electron chi connectivity index (χ1n) is 8.66. The highest BCUT2D eigenvalue weighted by molar-refractivity contribution is 5.34. The highest BCUT2D eigenvalue weighted by atomic mass is 19.2. The van der Waals surface area contributed by atoms with E-state index in [0.29, 0.717) is 17.0 Å². The molecule has 0 radical (unpaired) electrons. The maximum Gasteiger partial charge on any atom is 0.200 e. The summed E-state index contributed by atoms with van der Waals surface area (Å²) in [4.78, 5) is 0. The zero-order valence-corrected chi connectivity index (χ0v) is 14.3. The van der Waals surface area contributed by atoms with Crippen molar-refractivity contribution < 1.29 is 22.3 Å². The predicted octanol–water partition coefficient (Wildman–Crippen LogP) is 6.28. The van der Waals surface area contributed by atoms with Crippen molar-refractivity contribution in [1.29, 1.82) is 0 Å². The number of hydrogen-bond donors (Lipinski definition) is 0. The van der Waals surface area contributed by atoms with E-state index in [2.05, 4.69) is 6.58 Å². The van der Waals surface area contributed by atoms with Crippen molar-refractivity contribution in [3.05, 3.63) is 77.4 Å². The van der Waals surface area contributed by atoms with Crippen molar-refractivity contribution in [1.82, 2.24) is 0 Å². The molecule has 0 aromatic heterocycles. The van der Waals surface area contributed by atoms with Crippen LogP contribution < -0.4 is 4.74 Å². The zero-order valence-electron chi connectivity index (χ0n) is 14.3. The predicted molar refractivity (Wildman–Crippen MR) is 91.9 cm³/mol. The molecule has 1 aliphatic rings. The molecule has 0 atom stereocenters. The van der Waals surface area contributed by atoms with Gasteiger partial charge in [-0.05, 0) is 72.9 Å². The summed E-state index contributed by atoms with van der Waals surface area (Å²) in [5, 5.41) is 0. The minimum atomic E-state index is -1.07. The first-order valence-corrected chi connectivity index (χ1v) is 8.66. The monoisotopic (exact) mass is 364 g/mol. The lowest BCUT2D eigenvalue weighted by Crippen LogP contribution is -2.12. The molecule has 26 heavy (non-hydrogen) atoms. The largest absolute Gasteiger partial charge is 0.486 e. The van der Waals surface area contributed by atoms with Crippen LogP contribution >= 0.6 is 0 Å². The average Bonchev–Trinajstić information content (AvgIpc) is 2.65. The smallest absolute Gasteiger partial charge is 0.200 e. The second kappa shape index (κ2) is 7.94. The van der Waals surface area contributed by atoms with Crippen molar-refractivity contribution in [3.63, 3.8) is 0 Å². The average molecular weight is 364 g/mol. The van der Waals surface area contributed by atoms with E-state index in [1.165, 1.54) is 18.2 Å². The quantitative estimate of drug-likeness (QED) is 0.448. The van der Waals surface area contributed by atoms with Gasteiger partial charge in [0.25, 0.3) is 0 Å². The number of hydrogen-bond acceptors (Lipinski definition) is 1. The second-order valence-corrected chi connectivity index (χ2v) is 6.70. The van der Waals surface area contributed by atoms with Crippen molar-refractivity contribution in [2.24, 2.45) is 5.92 Å². The summed E-state index contributed by atoms with van der Waals surface area (Å²) >= 11 is 0. The van der Waals surface area contributed by atoms with E-state index in [9.17, 15) is 17.6 Å². The van der Waals surface area contributed by atoms with E-state index in [-0.39, 0.29) is 18.3 Å². The molecule has 0 bridgehead atoms. The molecule has 5 heteroatoms. The maximum atomic E-state index is 14.1. The lowest BCUT2D eigenvalue weighted by molar-refractivity contribution is 0.282. The first kappa shape index (κ1) is 18.5. The van der Waals surface area contributed by atoms with E-state index in [1.807, 2.05) is 6.08 Å². The van der Waals surface area contributed by atoms with E-state index >= 15 is 0 Å². The Morgan fingerprint density at radius 3 is 2.31 bits per heavy atom. The lowest BCUT2D eigenvalue weighted by atomic mass is 9.79. The van der Waals surface area contributed by atoms with Gasteiger partial charge < -0.3 is 4.74 Å². The highest BCUT2D eigenvalue weighted by Crippen LogP contribution is 2.38. The van der Waals surface area contributed by atoms with E-state index in [0.717, 1.165) is 37.8 Å². The fourth-order valence-electron chi connectivity index (χ4n) is 3.40. The molecule has 0 heterocycles. The van der Waals surface area contributed by atoms with Gasteiger partial charge in [0.2, 0.25) is 5.82 Å². The highest BCUT2D eigenvalue weighted by Gasteiger charge is 2.23. The number of halogens is 4. The van der Waals surface area contributed by atoms with Gasteiger partial charge in [0.1, 0.15) is 6.61 Å². The van der Waals surface area contributed by atoms with Gasteiger partial charge in [0.05, 0.1) is 0 Å². The van der Waals surface area contributed by atoms with Crippen molar-refractivity contribution in [2.75, 3.05) is 0 Å². The summed E-state index contributed by atoms with van der Waals surface area (Å²) in [5.74, 6) is -3.61. The molecule has 0 unspecified atom stereocenters. The number of allylic oxidation sites excluding steroid dienone is 1. The van der Waals surface area contributed by atoms with Crippen LogP contribution in [0.25, 0.3) is 0 Å². The lowest BCUT2D eigenvalue weighted by Gasteiger charge is -2.27. The Morgan fingerprint density at radius 2 is 1.65 bits per heavy atom. The Bertz CT molecular complexity index is 795. The summed E-state index contributed by atoms with van der Waals surface area (Å²) < 4.78 is 59.6. The van der Waals surface area contributed by atoms with Gasteiger partial charge in [0.15, 0.2) is 23.2 Å². The van der Waals surface area contributed by atoms with E-state index in [4.69, 9.17) is 4.74 Å². The topological polar surface area (TPSA) is 9.23 Å². The zero-order chi connectivity index (χ0) is 18.7. The minimum absolute atomic E-state index is 0.145. The molecular weight excluding hydrogens is 344 g/mol. The molecule has 0 spiro atoms. The Hall–Kier alpha value is -2.30. The van der Waals surface area contributed by atoms with Crippen molar-refractivity contribution >= 4 is 0 Å². The number of ether oxygens (including phenoxy) is 1. The van der Waals surface area contributed by atoms with Crippen LogP contribution in [0.4, 0.5) is 17.6 Å². The van der Waals surface area contributed by atoms with Gasteiger partial charge in [-0.2, -0.15) is 4.39 Å². The summed E-state index contributed by atoms with van der Waals surface area (Å²) in [6, 6.07) is 6.02. The van der Waals surface area contributed by atoms with Crippen LogP contribution in [0.1, 0.15) is 42.7 Å². The SMILES string of the molecule is C=CC1CCC(c2cc(F)c(F)c(OCc3ccc(F)c(F)c3)c2)CC1. The fourth-order valence-corrected chi connectivity index (χ4v) is 3.40. The molecule has 138 valence electrons. The van der Waals surface area contributed by atoms with Gasteiger partial charge in [-0.1, -0.05) is 12.1 Å². The Morgan fingerprint density at radius 1 is 0.923 bits per heavy atom. The van der Waals surface area contributed by atoms with Crippen molar-refractivity contribution in [3.8, 4) is 5.75 Å². The molecular formula is C21H20F4O. The molecule has 3 rings (SSSR count). The molecule has 1 fully saturated rings. The van der Waals surface area contributed by atoms with Gasteiger partial charge in [-0.25, -0.2) is 13.2 Å². The number of rotatable bonds is 5. The van der Waals surface area contributed by atoms with Crippen LogP contribution in [0.5, 0.6) is 5.75 Å². The van der Waals surface area contributed by atoms with Gasteiger partial charge in [-0.3, -0.25) is 0 Å². The molecule has 0 aliphatic heterocycles. The van der Waals surface area contributed by atoms with E-state index in [1.54, 1.807) is 0 Å². The summed E-state index contributed by atoms with van der Waals surface area (Å²) in [6.45, 7) is 3.63. The minimum Gasteiger partial charge on any atom is -0.486 e. The van der Waals surface area contributed by atoms with Crippen LogP contribution in [-0.2, 0) is 6.61 Å². The van der Waals surface area contributed by atoms with Crippen LogP contribution in [0.2, 0.25) is 0 Å². The molecule has 0 saturated heterocycles. The first-order chi connectivity index (χ1) is 12.5. The van der Waals surface area contributed by atoms with Crippen LogP contribution in [0.3, 0.4) is 0 Å². The second-order valence-electron chi connectivity index (χ2n) is 6.70. The van der Waals surface area contributed by atoms with Gasteiger partial charge >= 0.3 is 0 Å². The fraction of sp³-hybridized carbons (Fsp3) is 0.333. The molecule has 1 aliphatic carbocycles. The van der Waals surface area contributed by atoms with Gasteiger partial charge in [-0.15, -0.1) is 6.58 Å². The Kier molecular flexibility index (Phi) is 5.64. The van der Waals surface area contributed by atoms with Crippen LogP contribution in [-0.4, -0.2) is 0 Å². The molecule has 2 aromatic rings. The van der Waals surface area contributed by atoms with Crippen LogP contribution in [0.15, 0.2) is 43.0 Å². The standard InChI is InChI=1S/C21H20F4O/c1-2-13-3-6-15(7-4-13)16-10-19(24)21(25)20(11-16)26-12-14-5-8-17(22)18(23)9-14/h2,5,8-11,13,15H,1,3-4,6-7,12H2. The normalized spacial score (nSPS) is 20.0. The third-order valence-electron chi connectivity index (χ3n) is 4.97. The number of benzene rings is 2. The molecule has 1 saturated carbocycles. The molecule has 0 N–H and O–H groups in total. The summed E-state index contributed by atoms with van der Waals surface area (Å²) in [7, 11) is 0. The molecule has 2 aromatic carbocycles. The third-order valence-corrected chi connectivity index (χ3v) is 4.97. The van der Waals surface area contributed by atoms with Crippen LogP contribution in [0, 0.1) is 29.2 Å². The third kappa shape index (κ3) is 4.09. The molecule has 1 nitrogen and oxygen atoms in total. The maximum absolute atomic E-state index is 14.1. The Labute approximate surface area is 150 Å². The van der Waals surface area contributed by atoms with E-state index < -0.39 is 23.3 Å². The molecule has 0 amide bonds. The summed E-state index contributed by atoms with van der Waals surface area (Å²) in [5.41, 5.74) is 1.03. The van der Waals surface area contributed by atoms with Crippen molar-refractivity contribution in [2.45, 2.75) is 38.2 Å². The Balaban J connectivity index is 1.75.